The number of hydrogen-bond donors (Lipinski definition) is 0. The summed E-state index contributed by atoms with van der Waals surface area (Å²) in [5.74, 6) is -0.252. The van der Waals surface area contributed by atoms with Crippen molar-refractivity contribution in [3.63, 3.8) is 0 Å². The highest BCUT2D eigenvalue weighted by Gasteiger charge is 2.68. The Bertz CT molecular complexity index is 1330. The number of nitrogens with zero attached hydrogens (tertiary/aromatic N) is 3. The van der Waals surface area contributed by atoms with Crippen molar-refractivity contribution < 1.29 is 18.7 Å². The number of amides is 2. The van der Waals surface area contributed by atoms with Gasteiger partial charge in [-0.25, -0.2) is 14.7 Å². The highest BCUT2D eigenvalue weighted by Crippen LogP contribution is 2.58. The van der Waals surface area contributed by atoms with E-state index in [1.807, 2.05) is 60.7 Å². The normalized spacial score (nSPS) is 21.7. The molecule has 3 heterocycles. The molecule has 186 valence electrons. The first-order chi connectivity index (χ1) is 17.0. The number of benzene rings is 2. The van der Waals surface area contributed by atoms with E-state index in [9.17, 15) is 9.59 Å². The van der Waals surface area contributed by atoms with Crippen molar-refractivity contribution in [1.29, 1.82) is 0 Å². The lowest BCUT2D eigenvalue weighted by molar-refractivity contribution is -0.125. The van der Waals surface area contributed by atoms with Crippen LogP contribution in [-0.4, -0.2) is 23.3 Å². The molecule has 7 nitrogen and oxygen atoms in total. The van der Waals surface area contributed by atoms with Crippen molar-refractivity contribution in [3.05, 3.63) is 84.3 Å². The van der Waals surface area contributed by atoms with Crippen molar-refractivity contribution in [2.75, 3.05) is 9.91 Å². The molecular weight excluding hydrogens is 454 g/mol. The van der Waals surface area contributed by atoms with Crippen LogP contribution in [-0.2, 0) is 15.1 Å². The minimum absolute atomic E-state index is 0.396. The number of rotatable bonds is 2. The van der Waals surface area contributed by atoms with Crippen molar-refractivity contribution in [1.82, 2.24) is 0 Å². The molecule has 0 aliphatic carbocycles. The second kappa shape index (κ2) is 8.08. The molecule has 2 amide bonds. The number of carbonyl (C=O) groups excluding carboxylic acids is 2. The molecule has 5 rings (SSSR count). The lowest BCUT2D eigenvalue weighted by Crippen LogP contribution is -2.58. The molecule has 2 atom stereocenters. The number of fused-ring (bicyclic) bond motifs is 2. The Morgan fingerprint density at radius 2 is 1.61 bits per heavy atom. The summed E-state index contributed by atoms with van der Waals surface area (Å²) in [6.45, 7) is 11.6. The Morgan fingerprint density at radius 1 is 0.944 bits per heavy atom. The van der Waals surface area contributed by atoms with Gasteiger partial charge < -0.3 is 9.15 Å². The van der Waals surface area contributed by atoms with Gasteiger partial charge in [0.15, 0.2) is 5.54 Å². The van der Waals surface area contributed by atoms with Crippen LogP contribution in [0.5, 0.6) is 0 Å². The highest BCUT2D eigenvalue weighted by molar-refractivity contribution is 6.25. The summed E-state index contributed by atoms with van der Waals surface area (Å²) in [7, 11) is 0. The van der Waals surface area contributed by atoms with Crippen LogP contribution in [0.4, 0.5) is 16.2 Å². The van der Waals surface area contributed by atoms with E-state index < -0.39 is 34.5 Å². The summed E-state index contributed by atoms with van der Waals surface area (Å²) in [5.41, 5.74) is 0.0681. The van der Waals surface area contributed by atoms with Gasteiger partial charge >= 0.3 is 6.09 Å². The summed E-state index contributed by atoms with van der Waals surface area (Å²) < 4.78 is 11.5. The number of carbonyl (C=O) groups is 2. The summed E-state index contributed by atoms with van der Waals surface area (Å²) >= 11 is 0. The van der Waals surface area contributed by atoms with Gasteiger partial charge in [0.2, 0.25) is 0 Å². The van der Waals surface area contributed by atoms with Crippen LogP contribution < -0.4 is 9.91 Å². The minimum Gasteiger partial charge on any atom is -0.463 e. The van der Waals surface area contributed by atoms with E-state index in [2.05, 4.69) is 20.8 Å². The molecule has 0 saturated heterocycles. The van der Waals surface area contributed by atoms with Gasteiger partial charge in [0.1, 0.15) is 17.1 Å². The quantitative estimate of drug-likeness (QED) is 0.423. The number of hydrogen-bond acceptors (Lipinski definition) is 6. The minimum atomic E-state index is -1.32. The number of anilines is 2. The van der Waals surface area contributed by atoms with E-state index in [1.54, 1.807) is 38.1 Å². The van der Waals surface area contributed by atoms with E-state index in [-0.39, 0.29) is 0 Å². The van der Waals surface area contributed by atoms with Crippen LogP contribution in [0.25, 0.3) is 0 Å². The Labute approximate surface area is 211 Å². The third kappa shape index (κ3) is 3.53. The fourth-order valence-corrected chi connectivity index (χ4v) is 5.41. The number of hydrazone groups is 1. The van der Waals surface area contributed by atoms with E-state index in [0.717, 1.165) is 5.69 Å². The summed E-state index contributed by atoms with van der Waals surface area (Å²) in [6, 6.07) is 20.7. The van der Waals surface area contributed by atoms with Gasteiger partial charge in [-0.3, -0.25) is 4.79 Å². The van der Waals surface area contributed by atoms with Crippen LogP contribution in [0, 0.1) is 11.3 Å². The number of para-hydroxylation sites is 2. The maximum absolute atomic E-state index is 14.7. The van der Waals surface area contributed by atoms with Gasteiger partial charge in [0.25, 0.3) is 5.91 Å². The highest BCUT2D eigenvalue weighted by atomic mass is 16.6. The third-order valence-electron chi connectivity index (χ3n) is 6.53. The molecule has 0 bridgehead atoms. The first-order valence-electron chi connectivity index (χ1n) is 12.1. The van der Waals surface area contributed by atoms with Crippen molar-refractivity contribution in [2.45, 2.75) is 52.7 Å². The van der Waals surface area contributed by atoms with Gasteiger partial charge in [0, 0.05) is 5.56 Å². The molecule has 1 aromatic heterocycles. The van der Waals surface area contributed by atoms with Gasteiger partial charge in [0.05, 0.1) is 23.6 Å². The fourth-order valence-electron chi connectivity index (χ4n) is 5.41. The zero-order valence-electron chi connectivity index (χ0n) is 21.5. The maximum atomic E-state index is 14.7. The summed E-state index contributed by atoms with van der Waals surface area (Å²) in [4.78, 5) is 29.4. The van der Waals surface area contributed by atoms with Gasteiger partial charge in [-0.05, 0) is 56.5 Å². The van der Waals surface area contributed by atoms with E-state index in [1.165, 1.54) is 4.90 Å². The predicted molar refractivity (Wildman–Crippen MR) is 139 cm³/mol. The van der Waals surface area contributed by atoms with E-state index in [4.69, 9.17) is 14.3 Å². The topological polar surface area (TPSA) is 75.3 Å². The molecule has 2 aliphatic heterocycles. The maximum Gasteiger partial charge on any atom is 0.421 e. The molecule has 3 aromatic rings. The van der Waals surface area contributed by atoms with Gasteiger partial charge in [-0.2, -0.15) is 5.10 Å². The molecule has 0 fully saturated rings. The average Bonchev–Trinajstić information content (AvgIpc) is 3.50. The summed E-state index contributed by atoms with van der Waals surface area (Å²) in [6.07, 6.45) is 0.899. The van der Waals surface area contributed by atoms with E-state index >= 15 is 0 Å². The Hall–Kier alpha value is -3.87. The average molecular weight is 486 g/mol. The lowest BCUT2D eigenvalue weighted by atomic mass is 9.64. The van der Waals surface area contributed by atoms with Crippen LogP contribution in [0.2, 0.25) is 0 Å². The van der Waals surface area contributed by atoms with Gasteiger partial charge in [-0.15, -0.1) is 0 Å². The zero-order chi connectivity index (χ0) is 25.9. The molecule has 36 heavy (non-hydrogen) atoms. The lowest BCUT2D eigenvalue weighted by Gasteiger charge is -2.42. The molecular formula is C29H31N3O4. The largest absolute Gasteiger partial charge is 0.463 e. The van der Waals surface area contributed by atoms with Crippen LogP contribution in [0.1, 0.15) is 52.9 Å². The fraction of sp³-hybridized carbons (Fsp3) is 0.345. The van der Waals surface area contributed by atoms with Crippen molar-refractivity contribution in [3.8, 4) is 0 Å². The molecule has 1 spiro atoms. The molecule has 0 unspecified atom stereocenters. The number of ether oxygens (including phenoxy) is 1. The molecule has 2 aromatic carbocycles. The zero-order valence-corrected chi connectivity index (χ0v) is 21.5. The van der Waals surface area contributed by atoms with E-state index in [0.29, 0.717) is 22.7 Å². The first kappa shape index (κ1) is 23.9. The molecule has 7 heteroatoms. The molecule has 2 aliphatic rings. The Morgan fingerprint density at radius 3 is 2.22 bits per heavy atom. The van der Waals surface area contributed by atoms with Crippen LogP contribution in [0.15, 0.2) is 82.5 Å². The number of furan rings is 1. The first-order valence-corrected chi connectivity index (χ1v) is 12.1. The standard InChI is InChI=1S/C29H31N3O4/c1-27(2,3)24-23(22-17-12-18-35-22)30-32(19-13-8-7-9-14-19)29(24)20-15-10-11-16-21(20)31(25(29)33)26(34)36-28(4,5)6/h7-18,24H,1-6H3/t24-,29+/m0/s1. The molecule has 0 radical (unpaired) electrons. The van der Waals surface area contributed by atoms with Crippen LogP contribution in [0.3, 0.4) is 0 Å². The number of imide groups is 1. The van der Waals surface area contributed by atoms with Crippen LogP contribution >= 0.6 is 0 Å². The molecule has 0 N–H and O–H groups in total. The third-order valence-corrected chi connectivity index (χ3v) is 6.53. The predicted octanol–water partition coefficient (Wildman–Crippen LogP) is 6.34. The molecule has 0 saturated carbocycles. The SMILES string of the molecule is CC(C)(C)OC(=O)N1C(=O)[C@@]2(c3ccccc31)[C@H](C(C)(C)C)C(c1ccco1)=NN2c1ccccc1. The summed E-state index contributed by atoms with van der Waals surface area (Å²) in [5, 5.41) is 6.83. The van der Waals surface area contributed by atoms with Gasteiger partial charge in [-0.1, -0.05) is 57.2 Å². The van der Waals surface area contributed by atoms with Crippen molar-refractivity contribution >= 4 is 29.1 Å². The Kier molecular flexibility index (Phi) is 5.36. The second-order valence-corrected chi connectivity index (χ2v) is 11.3. The Balaban J connectivity index is 1.81. The monoisotopic (exact) mass is 485 g/mol. The second-order valence-electron chi connectivity index (χ2n) is 11.3. The van der Waals surface area contributed by atoms with Crippen molar-refractivity contribution in [2.24, 2.45) is 16.4 Å². The smallest absolute Gasteiger partial charge is 0.421 e.